The number of hydrogen-bond acceptors (Lipinski definition) is 0. The van der Waals surface area contributed by atoms with Crippen LogP contribution in [0.1, 0.15) is 22.3 Å². The van der Waals surface area contributed by atoms with Gasteiger partial charge in [0.05, 0.1) is 55.7 Å². The van der Waals surface area contributed by atoms with Gasteiger partial charge in [0.1, 0.15) is 0 Å². The smallest absolute Gasteiger partial charge is 0.308 e. The van der Waals surface area contributed by atoms with Crippen LogP contribution in [0.2, 0.25) is 0 Å². The van der Waals surface area contributed by atoms with E-state index in [-0.39, 0.29) is 43.6 Å². The van der Waals surface area contributed by atoms with Crippen LogP contribution >= 0.6 is 0 Å². The zero-order valence-corrected chi connectivity index (χ0v) is 30.3. The number of rotatable bonds is 4. The molecule has 0 saturated heterocycles. The van der Waals surface area contributed by atoms with Gasteiger partial charge in [-0.15, -0.1) is 0 Å². The molecule has 302 valence electrons. The number of alkyl halides is 12. The number of hydrogen-bond donors (Lipinski definition) is 0. The summed E-state index contributed by atoms with van der Waals surface area (Å²) in [6.45, 7) is 0. The fraction of sp³-hybridized carbons (Fsp3) is 0.0870. The van der Waals surface area contributed by atoms with Crippen LogP contribution in [0.25, 0.3) is 77.2 Å². The van der Waals surface area contributed by atoms with E-state index in [1.165, 1.54) is 97.1 Å². The van der Waals surface area contributed by atoms with Crippen molar-refractivity contribution >= 4 is 43.6 Å². The Bertz CT molecular complexity index is 2960. The molecule has 0 aliphatic heterocycles. The maximum absolute atomic E-state index is 16.6. The summed E-state index contributed by atoms with van der Waals surface area (Å²) in [5, 5.41) is 0.865. The van der Waals surface area contributed by atoms with Crippen LogP contribution in [0, 0.1) is 0 Å². The average Bonchev–Trinajstić information content (AvgIpc) is 3.71. The average molecular weight is 833 g/mol. The molecule has 0 atom stereocenters. The third-order valence-corrected chi connectivity index (χ3v) is 10.6. The Labute approximate surface area is 331 Å². The third kappa shape index (κ3) is 5.98. The monoisotopic (exact) mass is 832 g/mol. The molecule has 0 aliphatic rings. The maximum Gasteiger partial charge on any atom is 0.419 e. The molecule has 2 heterocycles. The standard InChI is InChI=1S/C46H24F12N2/c47-43(48,49)31-19-7-1-17-29(31)37-39(45(53,54)55)42(60-35-23-11-5-15-27(35)28-16-6-12-24-36(28)60)40(46(56,57)58)38(30-18-2-8-20-32(30)44(50,51)52)41(37)59-33-21-9-3-13-25(33)26-14-4-10-22-34(26)59/h1-24H. The molecule has 0 aliphatic carbocycles. The predicted octanol–water partition coefficient (Wildman–Crippen LogP) is 15.3. The van der Waals surface area contributed by atoms with Crippen LogP contribution in [0.3, 0.4) is 0 Å². The lowest BCUT2D eigenvalue weighted by Crippen LogP contribution is -2.24. The molecule has 0 unspecified atom stereocenters. The number of nitrogens with zero attached hydrogens (tertiary/aromatic N) is 2. The predicted molar refractivity (Wildman–Crippen MR) is 206 cm³/mol. The minimum atomic E-state index is -5.90. The van der Waals surface area contributed by atoms with E-state index < -0.39 is 80.6 Å². The molecule has 0 N–H and O–H groups in total. The Kier molecular flexibility index (Phi) is 8.67. The zero-order chi connectivity index (χ0) is 42.5. The molecule has 0 fully saturated rings. The van der Waals surface area contributed by atoms with Gasteiger partial charge in [-0.1, -0.05) is 109 Å². The first kappa shape index (κ1) is 38.8. The molecule has 2 nitrogen and oxygen atoms in total. The second-order valence-corrected chi connectivity index (χ2v) is 14.0. The Balaban J connectivity index is 1.72. The highest BCUT2D eigenvalue weighted by Crippen LogP contribution is 2.58. The third-order valence-electron chi connectivity index (χ3n) is 10.6. The summed E-state index contributed by atoms with van der Waals surface area (Å²) >= 11 is 0. The van der Waals surface area contributed by atoms with Gasteiger partial charge in [-0.3, -0.25) is 0 Å². The van der Waals surface area contributed by atoms with Gasteiger partial charge in [0.2, 0.25) is 0 Å². The Morgan fingerprint density at radius 3 is 0.850 bits per heavy atom. The Morgan fingerprint density at radius 1 is 0.283 bits per heavy atom. The van der Waals surface area contributed by atoms with Crippen molar-refractivity contribution in [2.45, 2.75) is 24.7 Å². The van der Waals surface area contributed by atoms with Crippen molar-refractivity contribution in [1.29, 1.82) is 0 Å². The van der Waals surface area contributed by atoms with Crippen LogP contribution in [-0.2, 0) is 24.7 Å². The van der Waals surface area contributed by atoms with Gasteiger partial charge >= 0.3 is 24.7 Å². The summed E-state index contributed by atoms with van der Waals surface area (Å²) in [6.07, 6.45) is -22.6. The molecule has 0 bridgehead atoms. The first-order chi connectivity index (χ1) is 28.4. The molecule has 0 spiro atoms. The van der Waals surface area contributed by atoms with Crippen molar-refractivity contribution in [2.75, 3.05) is 0 Å². The molecule has 0 radical (unpaired) electrons. The number of fused-ring (bicyclic) bond motifs is 6. The lowest BCUT2D eigenvalue weighted by molar-refractivity contribution is -0.143. The Morgan fingerprint density at radius 2 is 0.550 bits per heavy atom. The zero-order valence-electron chi connectivity index (χ0n) is 30.3. The van der Waals surface area contributed by atoms with Crippen LogP contribution in [0.4, 0.5) is 52.7 Å². The molecule has 14 heteroatoms. The highest BCUT2D eigenvalue weighted by atomic mass is 19.4. The lowest BCUT2D eigenvalue weighted by atomic mass is 9.82. The van der Waals surface area contributed by atoms with Crippen molar-refractivity contribution in [2.24, 2.45) is 0 Å². The van der Waals surface area contributed by atoms with Gasteiger partial charge < -0.3 is 9.13 Å². The lowest BCUT2D eigenvalue weighted by Gasteiger charge is -2.32. The number of para-hydroxylation sites is 4. The van der Waals surface area contributed by atoms with Crippen molar-refractivity contribution in [3.8, 4) is 33.6 Å². The quantitative estimate of drug-likeness (QED) is 0.156. The number of aromatic nitrogens is 2. The van der Waals surface area contributed by atoms with Gasteiger partial charge in [0, 0.05) is 32.7 Å². The first-order valence-electron chi connectivity index (χ1n) is 18.1. The molecule has 0 saturated carbocycles. The summed E-state index contributed by atoms with van der Waals surface area (Å²) < 4.78 is 192. The van der Waals surface area contributed by atoms with Crippen LogP contribution in [0.15, 0.2) is 146 Å². The van der Waals surface area contributed by atoms with E-state index in [1.54, 1.807) is 0 Å². The molecule has 60 heavy (non-hydrogen) atoms. The van der Waals surface area contributed by atoms with Gasteiger partial charge in [0.25, 0.3) is 0 Å². The molecule has 7 aromatic carbocycles. The number of benzene rings is 7. The van der Waals surface area contributed by atoms with Crippen molar-refractivity contribution in [3.05, 3.63) is 168 Å². The van der Waals surface area contributed by atoms with Crippen LogP contribution < -0.4 is 0 Å². The SMILES string of the molecule is FC(F)(F)c1ccccc1-c1c(-n2c3ccccc3c3ccccc32)c(-c2ccccc2C(F)(F)F)c(C(F)(F)F)c(-n2c3ccccc3c3ccccc32)c1C(F)(F)F. The van der Waals surface area contributed by atoms with Crippen LogP contribution in [-0.4, -0.2) is 9.13 Å². The molecule has 0 amide bonds. The fourth-order valence-electron chi connectivity index (χ4n) is 8.47. The maximum atomic E-state index is 16.6. The normalized spacial score (nSPS) is 13.0. The molecule has 9 rings (SSSR count). The topological polar surface area (TPSA) is 9.86 Å². The molecule has 9 aromatic rings. The van der Waals surface area contributed by atoms with Gasteiger partial charge in [-0.25, -0.2) is 0 Å². The van der Waals surface area contributed by atoms with E-state index >= 15 is 52.7 Å². The van der Waals surface area contributed by atoms with Gasteiger partial charge in [-0.05, 0) is 47.5 Å². The van der Waals surface area contributed by atoms with Gasteiger partial charge in [0.15, 0.2) is 0 Å². The Hall–Kier alpha value is -6.70. The summed E-state index contributed by atoms with van der Waals surface area (Å²) in [5.74, 6) is 0. The minimum Gasteiger partial charge on any atom is -0.308 e. The number of halogens is 12. The van der Waals surface area contributed by atoms with E-state index in [1.807, 2.05) is 0 Å². The second-order valence-electron chi connectivity index (χ2n) is 14.0. The summed E-state index contributed by atoms with van der Waals surface area (Å²) in [5.41, 5.74) is -16.4. The summed E-state index contributed by atoms with van der Waals surface area (Å²) in [7, 11) is 0. The van der Waals surface area contributed by atoms with Gasteiger partial charge in [-0.2, -0.15) is 52.7 Å². The molecule has 2 aromatic heterocycles. The van der Waals surface area contributed by atoms with Crippen molar-refractivity contribution in [3.63, 3.8) is 0 Å². The molecular weight excluding hydrogens is 808 g/mol. The highest BCUT2D eigenvalue weighted by molar-refractivity contribution is 6.13. The second kappa shape index (κ2) is 13.4. The fourth-order valence-corrected chi connectivity index (χ4v) is 8.47. The first-order valence-corrected chi connectivity index (χ1v) is 18.1. The minimum absolute atomic E-state index is 0.0824. The summed E-state index contributed by atoms with van der Waals surface area (Å²) in [4.78, 5) is 0. The van der Waals surface area contributed by atoms with E-state index in [9.17, 15) is 0 Å². The summed E-state index contributed by atoms with van der Waals surface area (Å²) in [6, 6.07) is 28.7. The molecular formula is C46H24F12N2. The van der Waals surface area contributed by atoms with E-state index in [2.05, 4.69) is 0 Å². The largest absolute Gasteiger partial charge is 0.419 e. The van der Waals surface area contributed by atoms with Crippen LogP contribution in [0.5, 0.6) is 0 Å². The van der Waals surface area contributed by atoms with Crippen molar-refractivity contribution in [1.82, 2.24) is 9.13 Å². The highest BCUT2D eigenvalue weighted by Gasteiger charge is 2.51. The van der Waals surface area contributed by atoms with E-state index in [0.717, 1.165) is 28.8 Å². The van der Waals surface area contributed by atoms with Crippen molar-refractivity contribution < 1.29 is 52.7 Å². The van der Waals surface area contributed by atoms with E-state index in [0.29, 0.717) is 28.8 Å². The van der Waals surface area contributed by atoms with E-state index in [4.69, 9.17) is 0 Å².